The summed E-state index contributed by atoms with van der Waals surface area (Å²) in [6.45, 7) is 3.71. The molecule has 6 aromatic rings. The van der Waals surface area contributed by atoms with Crippen molar-refractivity contribution >= 4 is 50.8 Å². The van der Waals surface area contributed by atoms with Crippen molar-refractivity contribution in [1.29, 1.82) is 0 Å². The number of thiazole rings is 1. The molecule has 9 nitrogen and oxygen atoms in total. The molecule has 3 aromatic carbocycles. The van der Waals surface area contributed by atoms with E-state index in [9.17, 15) is 14.4 Å². The number of furan rings is 1. The highest BCUT2D eigenvalue weighted by molar-refractivity contribution is 7.07. The van der Waals surface area contributed by atoms with Gasteiger partial charge in [-0.25, -0.2) is 4.99 Å². The predicted octanol–water partition coefficient (Wildman–Crippen LogP) is 4.85. The van der Waals surface area contributed by atoms with E-state index in [4.69, 9.17) is 14.1 Å². The molecule has 0 aliphatic carbocycles. The van der Waals surface area contributed by atoms with Crippen LogP contribution in [0.15, 0.2) is 111 Å². The van der Waals surface area contributed by atoms with Gasteiger partial charge in [-0.15, -0.1) is 0 Å². The lowest BCUT2D eigenvalue weighted by atomic mass is 9.89. The molecule has 1 atom stereocenters. The fraction of sp³-hybridized carbons (Fsp3) is 0.167. The van der Waals surface area contributed by atoms with Gasteiger partial charge in [-0.1, -0.05) is 59.9 Å². The van der Waals surface area contributed by atoms with Gasteiger partial charge in [0.2, 0.25) is 5.91 Å². The number of nitrogens with one attached hydrogen (secondary N) is 1. The van der Waals surface area contributed by atoms with E-state index in [1.165, 1.54) is 18.3 Å². The Hall–Kier alpha value is -5.48. The Morgan fingerprint density at radius 1 is 1.04 bits per heavy atom. The molecule has 1 aliphatic rings. The highest BCUT2D eigenvalue weighted by atomic mass is 32.1. The van der Waals surface area contributed by atoms with Gasteiger partial charge in [0, 0.05) is 39.5 Å². The number of fused-ring (bicyclic) bond motifs is 3. The Balaban J connectivity index is 1.36. The third-order valence-corrected chi connectivity index (χ3v) is 9.27. The van der Waals surface area contributed by atoms with E-state index < -0.39 is 6.04 Å². The number of aromatic nitrogens is 2. The number of carbonyl (C=O) groups excluding carboxylic acids is 2. The molecule has 1 aliphatic heterocycles. The van der Waals surface area contributed by atoms with Crippen LogP contribution in [0.4, 0.5) is 0 Å². The van der Waals surface area contributed by atoms with E-state index >= 15 is 0 Å². The largest absolute Gasteiger partial charge is 0.496 e. The summed E-state index contributed by atoms with van der Waals surface area (Å²) >= 11 is 1.27. The molecule has 230 valence electrons. The van der Waals surface area contributed by atoms with Crippen molar-refractivity contribution in [3.8, 4) is 5.75 Å². The van der Waals surface area contributed by atoms with Crippen LogP contribution in [-0.2, 0) is 22.7 Å². The molecule has 3 aromatic heterocycles. The number of carbonyl (C=O) groups is 2. The molecule has 0 fully saturated rings. The monoisotopic (exact) mass is 630 g/mol. The fourth-order valence-corrected chi connectivity index (χ4v) is 7.29. The third-order valence-electron chi connectivity index (χ3n) is 8.28. The van der Waals surface area contributed by atoms with Gasteiger partial charge in [0.15, 0.2) is 10.6 Å². The van der Waals surface area contributed by atoms with Gasteiger partial charge in [-0.2, -0.15) is 0 Å². The van der Waals surface area contributed by atoms with Crippen molar-refractivity contribution in [1.82, 2.24) is 14.5 Å². The Labute approximate surface area is 267 Å². The lowest BCUT2D eigenvalue weighted by Crippen LogP contribution is -2.39. The van der Waals surface area contributed by atoms with Crippen LogP contribution in [0.2, 0.25) is 0 Å². The molecule has 0 spiro atoms. The number of rotatable bonds is 8. The summed E-state index contributed by atoms with van der Waals surface area (Å²) in [7, 11) is 1.59. The summed E-state index contributed by atoms with van der Waals surface area (Å²) in [6, 6.07) is 22.3. The zero-order chi connectivity index (χ0) is 31.9. The van der Waals surface area contributed by atoms with Crippen LogP contribution in [0.25, 0.3) is 27.8 Å². The summed E-state index contributed by atoms with van der Waals surface area (Å²) < 4.78 is 15.1. The van der Waals surface area contributed by atoms with E-state index in [2.05, 4.69) is 5.32 Å². The standard InChI is InChI=1S/C36H30N4O5S/c1-21-32(22(2)41)34(33-27-12-5-4-9-23(27)14-15-29(33)44-3)40-35(43)30(46-36(40)38-21)17-24-19-39(28-13-7-6-11-26(24)28)20-31(42)37-18-25-10-8-16-45-25/h4-17,19,34H,18,20H2,1-3H3,(H,37,42)/b30-17-/t34-/m0/s1. The molecule has 0 bridgehead atoms. The first-order valence-corrected chi connectivity index (χ1v) is 15.6. The molecular weight excluding hydrogens is 600 g/mol. The lowest BCUT2D eigenvalue weighted by Gasteiger charge is -2.27. The number of para-hydroxylation sites is 1. The second-order valence-electron chi connectivity index (χ2n) is 11.1. The summed E-state index contributed by atoms with van der Waals surface area (Å²) in [5.41, 5.74) is 3.15. The minimum Gasteiger partial charge on any atom is -0.496 e. The van der Waals surface area contributed by atoms with Crippen molar-refractivity contribution in [2.75, 3.05) is 7.11 Å². The molecule has 4 heterocycles. The minimum absolute atomic E-state index is 0.0956. The van der Waals surface area contributed by atoms with E-state index in [1.807, 2.05) is 84.4 Å². The summed E-state index contributed by atoms with van der Waals surface area (Å²) in [5.74, 6) is 0.924. The quantitative estimate of drug-likeness (QED) is 0.259. The molecule has 46 heavy (non-hydrogen) atoms. The van der Waals surface area contributed by atoms with E-state index in [1.54, 1.807) is 30.1 Å². The number of ketones is 1. The Morgan fingerprint density at radius 2 is 1.83 bits per heavy atom. The SMILES string of the molecule is COc1ccc2ccccc2c1[C@@H]1C(C(C)=O)=C(C)N=c2s/c(=C\c3cn(CC(=O)NCc4ccco4)c4ccccc34)c(=O)n21. The van der Waals surface area contributed by atoms with Gasteiger partial charge in [-0.05, 0) is 55.0 Å². The van der Waals surface area contributed by atoms with Crippen molar-refractivity contribution in [3.63, 3.8) is 0 Å². The first-order chi connectivity index (χ1) is 22.3. The number of benzene rings is 3. The minimum atomic E-state index is -0.726. The molecule has 0 unspecified atom stereocenters. The topological polar surface area (TPSA) is 108 Å². The van der Waals surface area contributed by atoms with Gasteiger partial charge < -0.3 is 19.0 Å². The zero-order valence-corrected chi connectivity index (χ0v) is 26.3. The molecule has 0 radical (unpaired) electrons. The summed E-state index contributed by atoms with van der Waals surface area (Å²) in [4.78, 5) is 45.6. The molecule has 7 rings (SSSR count). The van der Waals surface area contributed by atoms with Crippen molar-refractivity contribution in [3.05, 3.63) is 133 Å². The highest BCUT2D eigenvalue weighted by Crippen LogP contribution is 2.40. The Kier molecular flexibility index (Phi) is 7.50. The molecule has 0 saturated carbocycles. The number of methoxy groups -OCH3 is 1. The second kappa shape index (κ2) is 11.8. The van der Waals surface area contributed by atoms with Crippen LogP contribution in [0.3, 0.4) is 0 Å². The van der Waals surface area contributed by atoms with Crippen LogP contribution in [0.5, 0.6) is 5.75 Å². The number of amides is 1. The maximum atomic E-state index is 14.4. The first-order valence-electron chi connectivity index (χ1n) is 14.8. The van der Waals surface area contributed by atoms with Crippen LogP contribution in [0.1, 0.15) is 36.8 Å². The van der Waals surface area contributed by atoms with Crippen LogP contribution in [-0.4, -0.2) is 27.9 Å². The number of hydrogen-bond acceptors (Lipinski definition) is 7. The van der Waals surface area contributed by atoms with E-state index in [0.29, 0.717) is 38.7 Å². The van der Waals surface area contributed by atoms with Gasteiger partial charge in [0.25, 0.3) is 5.56 Å². The highest BCUT2D eigenvalue weighted by Gasteiger charge is 2.34. The summed E-state index contributed by atoms with van der Waals surface area (Å²) in [6.07, 6.45) is 5.29. The molecule has 1 N–H and O–H groups in total. The maximum absolute atomic E-state index is 14.4. The van der Waals surface area contributed by atoms with E-state index in [-0.39, 0.29) is 23.8 Å². The van der Waals surface area contributed by atoms with Crippen LogP contribution >= 0.6 is 11.3 Å². The Bertz CT molecular complexity index is 2380. The Morgan fingerprint density at radius 3 is 2.59 bits per heavy atom. The second-order valence-corrected chi connectivity index (χ2v) is 12.1. The first kappa shape index (κ1) is 29.2. The van der Waals surface area contributed by atoms with Crippen LogP contribution < -0.4 is 24.9 Å². The average molecular weight is 631 g/mol. The zero-order valence-electron chi connectivity index (χ0n) is 25.4. The number of hydrogen-bond donors (Lipinski definition) is 1. The molecular formula is C36H30N4O5S. The number of nitrogens with zero attached hydrogens (tertiary/aromatic N) is 3. The average Bonchev–Trinajstić information content (AvgIpc) is 3.77. The molecule has 0 saturated heterocycles. The maximum Gasteiger partial charge on any atom is 0.271 e. The predicted molar refractivity (Wildman–Crippen MR) is 177 cm³/mol. The van der Waals surface area contributed by atoms with Crippen molar-refractivity contribution in [2.45, 2.75) is 33.0 Å². The summed E-state index contributed by atoms with van der Waals surface area (Å²) in [5, 5.41) is 5.66. The van der Waals surface area contributed by atoms with Gasteiger partial charge >= 0.3 is 0 Å². The fourth-order valence-electron chi connectivity index (χ4n) is 6.25. The third kappa shape index (κ3) is 5.06. The number of ether oxygens (including phenoxy) is 1. The lowest BCUT2D eigenvalue weighted by molar-refractivity contribution is -0.121. The number of Topliss-reactive ketones (excluding diaryl/α,β-unsaturated/α-hetero) is 1. The van der Waals surface area contributed by atoms with Gasteiger partial charge in [-0.3, -0.25) is 19.0 Å². The van der Waals surface area contributed by atoms with Gasteiger partial charge in [0.05, 0.1) is 30.5 Å². The molecule has 1 amide bonds. The normalized spacial score (nSPS) is 14.8. The number of allylic oxidation sites excluding steroid dienone is 2. The van der Waals surface area contributed by atoms with Crippen molar-refractivity contribution in [2.24, 2.45) is 4.99 Å². The van der Waals surface area contributed by atoms with Crippen LogP contribution in [0, 0.1) is 0 Å². The van der Waals surface area contributed by atoms with Gasteiger partial charge in [0.1, 0.15) is 18.1 Å². The molecule has 10 heteroatoms. The van der Waals surface area contributed by atoms with Crippen molar-refractivity contribution < 1.29 is 18.7 Å². The van der Waals surface area contributed by atoms with E-state index in [0.717, 1.165) is 32.8 Å². The smallest absolute Gasteiger partial charge is 0.271 e.